The summed E-state index contributed by atoms with van der Waals surface area (Å²) in [5.74, 6) is 1.07. The van der Waals surface area contributed by atoms with Gasteiger partial charge in [-0.05, 0) is 34.9 Å². The van der Waals surface area contributed by atoms with E-state index in [1.165, 1.54) is 38.5 Å². The molecule has 1 aliphatic carbocycles. The minimum atomic E-state index is 0.324. The van der Waals surface area contributed by atoms with E-state index in [0.717, 1.165) is 6.42 Å². The van der Waals surface area contributed by atoms with Gasteiger partial charge in [0.25, 0.3) is 0 Å². The van der Waals surface area contributed by atoms with Crippen LogP contribution < -0.4 is 5.32 Å². The monoisotopic (exact) mass is 336 g/mol. The predicted octanol–water partition coefficient (Wildman–Crippen LogP) is 6.15. The highest BCUT2D eigenvalue weighted by atomic mass is 15.0. The molecule has 4 aromatic rings. The quantitative estimate of drug-likeness (QED) is 0.401. The number of para-hydroxylation sites is 1. The Kier molecular flexibility index (Phi) is 2.87. The molecule has 3 atom stereocenters. The Morgan fingerprint density at radius 1 is 0.808 bits per heavy atom. The van der Waals surface area contributed by atoms with E-state index in [4.69, 9.17) is 0 Å². The normalized spacial score (nSPS) is 23.8. The van der Waals surface area contributed by atoms with Gasteiger partial charge in [-0.25, -0.2) is 0 Å². The van der Waals surface area contributed by atoms with Crippen LogP contribution in [0.15, 0.2) is 79.0 Å². The van der Waals surface area contributed by atoms with Crippen LogP contribution >= 0.6 is 0 Å². The van der Waals surface area contributed by atoms with Crippen molar-refractivity contribution in [3.63, 3.8) is 0 Å². The van der Waals surface area contributed by atoms with Crippen molar-refractivity contribution in [2.75, 3.05) is 5.32 Å². The van der Waals surface area contributed by atoms with Gasteiger partial charge in [0.2, 0.25) is 0 Å². The average molecular weight is 336 g/mol. The van der Waals surface area contributed by atoms with E-state index in [1.807, 2.05) is 0 Å². The third-order valence-electron chi connectivity index (χ3n) is 6.22. The number of fused-ring (bicyclic) bond motifs is 6. The van der Waals surface area contributed by atoms with Gasteiger partial charge in [0, 0.05) is 34.1 Å². The summed E-state index contributed by atoms with van der Waals surface area (Å²) in [6.45, 7) is 0. The largest absolute Gasteiger partial charge is 0.377 e. The topological polar surface area (TPSA) is 27.8 Å². The number of allylic oxidation sites excluding steroid dienone is 2. The lowest BCUT2D eigenvalue weighted by molar-refractivity contribution is 0.428. The number of benzene rings is 3. The second-order valence-electron chi connectivity index (χ2n) is 7.52. The second-order valence-corrected chi connectivity index (χ2v) is 7.52. The summed E-state index contributed by atoms with van der Waals surface area (Å²) in [7, 11) is 0. The highest BCUT2D eigenvalue weighted by Crippen LogP contribution is 2.52. The van der Waals surface area contributed by atoms with Crippen LogP contribution in [0.3, 0.4) is 0 Å². The van der Waals surface area contributed by atoms with Crippen molar-refractivity contribution >= 4 is 27.4 Å². The van der Waals surface area contributed by atoms with Crippen molar-refractivity contribution in [1.29, 1.82) is 0 Å². The molecule has 3 aromatic carbocycles. The maximum absolute atomic E-state index is 3.95. The van der Waals surface area contributed by atoms with E-state index >= 15 is 0 Å². The second kappa shape index (κ2) is 5.25. The fraction of sp³-hybridized carbons (Fsp3) is 0.167. The van der Waals surface area contributed by atoms with Crippen LogP contribution in [0, 0.1) is 5.92 Å². The van der Waals surface area contributed by atoms with E-state index in [-0.39, 0.29) is 0 Å². The molecule has 0 radical (unpaired) electrons. The number of anilines is 1. The van der Waals surface area contributed by atoms with Gasteiger partial charge in [-0.1, -0.05) is 66.7 Å². The highest BCUT2D eigenvalue weighted by molar-refractivity contribution is 5.97. The first-order valence-electron chi connectivity index (χ1n) is 9.41. The number of nitrogens with one attached hydrogen (secondary N) is 2. The molecule has 2 heteroatoms. The summed E-state index contributed by atoms with van der Waals surface area (Å²) in [6.07, 6.45) is 8.12. The molecule has 0 amide bonds. The third-order valence-corrected chi connectivity index (χ3v) is 6.22. The zero-order valence-electron chi connectivity index (χ0n) is 14.4. The molecule has 1 aromatic heterocycles. The number of aromatic nitrogens is 1. The Bertz CT molecular complexity index is 1170. The first-order valence-corrected chi connectivity index (χ1v) is 9.41. The molecule has 6 rings (SSSR count). The van der Waals surface area contributed by atoms with Crippen LogP contribution in [0.5, 0.6) is 0 Å². The van der Waals surface area contributed by atoms with Crippen molar-refractivity contribution in [1.82, 2.24) is 4.98 Å². The van der Waals surface area contributed by atoms with Crippen LogP contribution in [-0.2, 0) is 0 Å². The number of aromatic amines is 1. The van der Waals surface area contributed by atoms with Gasteiger partial charge in [0.15, 0.2) is 0 Å². The Morgan fingerprint density at radius 2 is 1.65 bits per heavy atom. The molecule has 2 aliphatic rings. The van der Waals surface area contributed by atoms with Gasteiger partial charge in [-0.2, -0.15) is 0 Å². The van der Waals surface area contributed by atoms with Gasteiger partial charge in [-0.15, -0.1) is 0 Å². The van der Waals surface area contributed by atoms with E-state index in [2.05, 4.69) is 89.3 Å². The predicted molar refractivity (Wildman–Crippen MR) is 109 cm³/mol. The first-order chi connectivity index (χ1) is 12.9. The van der Waals surface area contributed by atoms with Crippen molar-refractivity contribution in [2.24, 2.45) is 5.92 Å². The smallest absolute Gasteiger partial charge is 0.0575 e. The summed E-state index contributed by atoms with van der Waals surface area (Å²) in [4.78, 5) is 3.47. The van der Waals surface area contributed by atoms with Crippen molar-refractivity contribution < 1.29 is 0 Å². The van der Waals surface area contributed by atoms with Crippen LogP contribution in [0.2, 0.25) is 0 Å². The summed E-state index contributed by atoms with van der Waals surface area (Å²) in [6, 6.07) is 22.2. The zero-order chi connectivity index (χ0) is 17.1. The Morgan fingerprint density at radius 3 is 2.62 bits per heavy atom. The average Bonchev–Trinajstić information content (AvgIpc) is 3.34. The molecular formula is C24H20N2. The van der Waals surface area contributed by atoms with Crippen molar-refractivity contribution in [3.8, 4) is 0 Å². The van der Waals surface area contributed by atoms with E-state index < -0.39 is 0 Å². The lowest BCUT2D eigenvalue weighted by atomic mass is 9.76. The van der Waals surface area contributed by atoms with E-state index in [0.29, 0.717) is 17.9 Å². The molecule has 0 spiro atoms. The number of rotatable bonds is 1. The van der Waals surface area contributed by atoms with Gasteiger partial charge in [-0.3, -0.25) is 0 Å². The Hall–Kier alpha value is -3.00. The lowest BCUT2D eigenvalue weighted by Crippen LogP contribution is -2.29. The number of H-pyrrole nitrogens is 1. The molecule has 0 bridgehead atoms. The Labute approximate surface area is 152 Å². The molecule has 0 fully saturated rings. The number of hydrogen-bond donors (Lipinski definition) is 2. The van der Waals surface area contributed by atoms with Crippen molar-refractivity contribution in [2.45, 2.75) is 18.4 Å². The summed E-state index contributed by atoms with van der Waals surface area (Å²) < 4.78 is 0. The van der Waals surface area contributed by atoms with Gasteiger partial charge in [0.1, 0.15) is 0 Å². The zero-order valence-corrected chi connectivity index (χ0v) is 14.4. The van der Waals surface area contributed by atoms with E-state index in [1.54, 1.807) is 0 Å². The Balaban J connectivity index is 1.58. The molecule has 126 valence electrons. The maximum atomic E-state index is 3.95. The fourth-order valence-electron chi connectivity index (χ4n) is 5.00. The van der Waals surface area contributed by atoms with Gasteiger partial charge >= 0.3 is 0 Å². The summed E-state index contributed by atoms with van der Waals surface area (Å²) in [5.41, 5.74) is 5.36. The molecule has 0 saturated heterocycles. The van der Waals surface area contributed by atoms with Crippen LogP contribution in [-0.4, -0.2) is 4.98 Å². The summed E-state index contributed by atoms with van der Waals surface area (Å²) >= 11 is 0. The summed E-state index contributed by atoms with van der Waals surface area (Å²) in [5, 5.41) is 7.91. The highest BCUT2D eigenvalue weighted by Gasteiger charge is 2.39. The van der Waals surface area contributed by atoms with Gasteiger partial charge in [0.05, 0.1) is 6.04 Å². The third kappa shape index (κ3) is 1.87. The van der Waals surface area contributed by atoms with E-state index in [9.17, 15) is 0 Å². The minimum Gasteiger partial charge on any atom is -0.377 e. The fourth-order valence-corrected chi connectivity index (χ4v) is 5.00. The maximum Gasteiger partial charge on any atom is 0.0575 e. The molecular weight excluding hydrogens is 316 g/mol. The molecule has 0 saturated carbocycles. The standard InChI is InChI=1S/C24H20N2/c1-2-7-16-15(6-1)12-13-20-17-9-5-10-19(17)24(26-23(16)20)21-14-25-22-11-4-3-8-18(21)22/h1-9,11-14,17,19,24-26H,10H2. The molecule has 1 aliphatic heterocycles. The lowest BCUT2D eigenvalue weighted by Gasteiger charge is -2.38. The molecule has 3 unspecified atom stereocenters. The van der Waals surface area contributed by atoms with Crippen molar-refractivity contribution in [3.05, 3.63) is 90.1 Å². The van der Waals surface area contributed by atoms with Crippen LogP contribution in [0.25, 0.3) is 21.7 Å². The van der Waals surface area contributed by atoms with Gasteiger partial charge < -0.3 is 10.3 Å². The first kappa shape index (κ1) is 14.2. The SMILES string of the molecule is C1=CC2c3ccc4ccccc4c3NC(c3c[nH]c4ccccc34)C2C1. The molecule has 2 heterocycles. The number of hydrogen-bond acceptors (Lipinski definition) is 1. The molecule has 2 N–H and O–H groups in total. The minimum absolute atomic E-state index is 0.324. The molecule has 2 nitrogen and oxygen atoms in total. The van der Waals surface area contributed by atoms with Crippen LogP contribution in [0.4, 0.5) is 5.69 Å². The molecule has 26 heavy (non-hydrogen) atoms. The van der Waals surface area contributed by atoms with Crippen LogP contribution in [0.1, 0.15) is 29.5 Å².